The van der Waals surface area contributed by atoms with Gasteiger partial charge < -0.3 is 9.52 Å². The van der Waals surface area contributed by atoms with Crippen molar-refractivity contribution in [3.63, 3.8) is 0 Å². The van der Waals surface area contributed by atoms with Crippen molar-refractivity contribution < 1.29 is 9.52 Å². The molecule has 3 heteroatoms. The van der Waals surface area contributed by atoms with Crippen LogP contribution in [0.25, 0.3) is 11.0 Å². The van der Waals surface area contributed by atoms with Gasteiger partial charge in [0.2, 0.25) is 0 Å². The summed E-state index contributed by atoms with van der Waals surface area (Å²) in [5.74, 6) is 0.756. The predicted molar refractivity (Wildman–Crippen MR) is 85.8 cm³/mol. The Labute approximate surface area is 129 Å². The topological polar surface area (TPSA) is 33.4 Å². The van der Waals surface area contributed by atoms with E-state index in [1.54, 1.807) is 0 Å². The van der Waals surface area contributed by atoms with Gasteiger partial charge in [-0.1, -0.05) is 41.9 Å². The molecule has 0 radical (unpaired) electrons. The van der Waals surface area contributed by atoms with E-state index >= 15 is 0 Å². The van der Waals surface area contributed by atoms with Gasteiger partial charge in [-0.25, -0.2) is 0 Å². The number of halogens is 1. The van der Waals surface area contributed by atoms with Gasteiger partial charge in [0.25, 0.3) is 0 Å². The Balaban J connectivity index is 1.97. The van der Waals surface area contributed by atoms with Gasteiger partial charge in [-0.15, -0.1) is 0 Å². The molecule has 108 valence electrons. The van der Waals surface area contributed by atoms with Crippen LogP contribution in [-0.4, -0.2) is 5.11 Å². The van der Waals surface area contributed by atoms with Gasteiger partial charge >= 0.3 is 0 Å². The molecule has 0 aliphatic heterocycles. The molecule has 0 saturated carbocycles. The first-order valence-electron chi connectivity index (χ1n) is 6.97. The maximum atomic E-state index is 10.6. The minimum atomic E-state index is -0.631. The van der Waals surface area contributed by atoms with Crippen LogP contribution < -0.4 is 0 Å². The number of rotatable bonds is 3. The standard InChI is InChI=1S/C18H17ClO2/c1-11-7-8-13(15(19)9-11)10-16(20)18-12(2)21-17-6-4-3-5-14(17)18/h3-9,16,20H,10H2,1-2H3. The van der Waals surface area contributed by atoms with Gasteiger partial charge in [0.1, 0.15) is 11.3 Å². The van der Waals surface area contributed by atoms with Gasteiger partial charge in [0.15, 0.2) is 0 Å². The number of hydrogen-bond donors (Lipinski definition) is 1. The molecule has 0 saturated heterocycles. The van der Waals surface area contributed by atoms with Gasteiger partial charge in [-0.3, -0.25) is 0 Å². The summed E-state index contributed by atoms with van der Waals surface area (Å²) in [7, 11) is 0. The van der Waals surface area contributed by atoms with Crippen LogP contribution in [0.5, 0.6) is 0 Å². The van der Waals surface area contributed by atoms with E-state index in [4.69, 9.17) is 16.0 Å². The second kappa shape index (κ2) is 5.55. The summed E-state index contributed by atoms with van der Waals surface area (Å²) in [6, 6.07) is 13.7. The molecule has 3 rings (SSSR count). The third-order valence-corrected chi connectivity index (χ3v) is 4.13. The molecule has 1 unspecified atom stereocenters. The Kier molecular flexibility index (Phi) is 3.75. The third-order valence-electron chi connectivity index (χ3n) is 3.77. The lowest BCUT2D eigenvalue weighted by molar-refractivity contribution is 0.177. The van der Waals surface area contributed by atoms with E-state index in [1.807, 2.05) is 56.3 Å². The van der Waals surface area contributed by atoms with Gasteiger partial charge in [-0.2, -0.15) is 0 Å². The first-order chi connectivity index (χ1) is 10.1. The van der Waals surface area contributed by atoms with Crippen molar-refractivity contribution in [1.29, 1.82) is 0 Å². The molecule has 1 N–H and O–H groups in total. The summed E-state index contributed by atoms with van der Waals surface area (Å²) in [6.07, 6.45) is -0.155. The van der Waals surface area contributed by atoms with Crippen molar-refractivity contribution >= 4 is 22.6 Å². The molecular weight excluding hydrogens is 284 g/mol. The fourth-order valence-electron chi connectivity index (χ4n) is 2.73. The fourth-order valence-corrected chi connectivity index (χ4v) is 3.04. The number of fused-ring (bicyclic) bond motifs is 1. The zero-order valence-corrected chi connectivity index (χ0v) is 12.8. The van der Waals surface area contributed by atoms with Crippen molar-refractivity contribution in [1.82, 2.24) is 0 Å². The van der Waals surface area contributed by atoms with Crippen molar-refractivity contribution in [2.45, 2.75) is 26.4 Å². The summed E-state index contributed by atoms with van der Waals surface area (Å²) in [4.78, 5) is 0. The zero-order chi connectivity index (χ0) is 15.0. The number of benzene rings is 2. The number of aliphatic hydroxyl groups excluding tert-OH is 1. The summed E-state index contributed by atoms with van der Waals surface area (Å²) in [5.41, 5.74) is 3.71. The van der Waals surface area contributed by atoms with Crippen molar-refractivity contribution in [3.05, 3.63) is 69.9 Å². The van der Waals surface area contributed by atoms with Crippen LogP contribution in [-0.2, 0) is 6.42 Å². The molecule has 0 bridgehead atoms. The lowest BCUT2D eigenvalue weighted by Gasteiger charge is -2.12. The van der Waals surface area contributed by atoms with Crippen molar-refractivity contribution in [2.75, 3.05) is 0 Å². The molecule has 0 amide bonds. The second-order valence-electron chi connectivity index (χ2n) is 5.38. The maximum absolute atomic E-state index is 10.6. The Morgan fingerprint density at radius 3 is 2.67 bits per heavy atom. The van der Waals surface area contributed by atoms with Crippen molar-refractivity contribution in [2.24, 2.45) is 0 Å². The highest BCUT2D eigenvalue weighted by atomic mass is 35.5. The van der Waals surface area contributed by atoms with Gasteiger partial charge in [0.05, 0.1) is 6.10 Å². The monoisotopic (exact) mass is 300 g/mol. The molecule has 2 aromatic carbocycles. The lowest BCUT2D eigenvalue weighted by Crippen LogP contribution is -2.03. The predicted octanol–water partition coefficient (Wildman–Crippen LogP) is 4.98. The van der Waals surface area contributed by atoms with Crippen LogP contribution in [0.2, 0.25) is 5.02 Å². The molecule has 3 aromatic rings. The highest BCUT2D eigenvalue weighted by Gasteiger charge is 2.19. The van der Waals surface area contributed by atoms with E-state index < -0.39 is 6.10 Å². The SMILES string of the molecule is Cc1ccc(CC(O)c2c(C)oc3ccccc23)c(Cl)c1. The Morgan fingerprint density at radius 1 is 1.14 bits per heavy atom. The van der Waals surface area contributed by atoms with Crippen LogP contribution in [0.1, 0.15) is 28.6 Å². The number of hydrogen-bond acceptors (Lipinski definition) is 2. The summed E-state index contributed by atoms with van der Waals surface area (Å²) in [6.45, 7) is 3.88. The Bertz CT molecular complexity index is 789. The molecule has 21 heavy (non-hydrogen) atoms. The van der Waals surface area contributed by atoms with E-state index in [0.29, 0.717) is 11.4 Å². The van der Waals surface area contributed by atoms with Gasteiger partial charge in [0, 0.05) is 22.4 Å². The Hall–Kier alpha value is -1.77. The Morgan fingerprint density at radius 2 is 1.90 bits per heavy atom. The molecular formula is C18H17ClO2. The van der Waals surface area contributed by atoms with Crippen LogP contribution in [0, 0.1) is 13.8 Å². The van der Waals surface area contributed by atoms with Gasteiger partial charge in [-0.05, 0) is 37.1 Å². The quantitative estimate of drug-likeness (QED) is 0.740. The minimum Gasteiger partial charge on any atom is -0.461 e. The molecule has 1 heterocycles. The first kappa shape index (κ1) is 14.2. The normalized spacial score (nSPS) is 12.8. The highest BCUT2D eigenvalue weighted by molar-refractivity contribution is 6.31. The lowest BCUT2D eigenvalue weighted by atomic mass is 9.98. The third kappa shape index (κ3) is 2.69. The zero-order valence-electron chi connectivity index (χ0n) is 12.1. The largest absolute Gasteiger partial charge is 0.461 e. The first-order valence-corrected chi connectivity index (χ1v) is 7.35. The van der Waals surface area contributed by atoms with E-state index in [0.717, 1.165) is 33.4 Å². The summed E-state index contributed by atoms with van der Waals surface area (Å²) in [5, 5.41) is 12.3. The number of para-hydroxylation sites is 1. The molecule has 1 atom stereocenters. The number of aliphatic hydroxyl groups is 1. The smallest absolute Gasteiger partial charge is 0.134 e. The highest BCUT2D eigenvalue weighted by Crippen LogP contribution is 2.33. The average molecular weight is 301 g/mol. The molecule has 0 aliphatic rings. The molecule has 2 nitrogen and oxygen atoms in total. The van der Waals surface area contributed by atoms with Crippen molar-refractivity contribution in [3.8, 4) is 0 Å². The van der Waals surface area contributed by atoms with Crippen LogP contribution >= 0.6 is 11.6 Å². The van der Waals surface area contributed by atoms with Crippen LogP contribution in [0.3, 0.4) is 0 Å². The van der Waals surface area contributed by atoms with E-state index in [2.05, 4.69) is 0 Å². The van der Waals surface area contributed by atoms with E-state index in [9.17, 15) is 5.11 Å². The molecule has 1 aromatic heterocycles. The van der Waals surface area contributed by atoms with E-state index in [-0.39, 0.29) is 0 Å². The van der Waals surface area contributed by atoms with Crippen LogP contribution in [0.15, 0.2) is 46.9 Å². The van der Waals surface area contributed by atoms with E-state index in [1.165, 1.54) is 0 Å². The fraction of sp³-hybridized carbons (Fsp3) is 0.222. The number of aryl methyl sites for hydroxylation is 2. The summed E-state index contributed by atoms with van der Waals surface area (Å²) >= 11 is 6.26. The summed E-state index contributed by atoms with van der Waals surface area (Å²) < 4.78 is 5.71. The molecule has 0 fully saturated rings. The molecule has 0 spiro atoms. The average Bonchev–Trinajstić information content (AvgIpc) is 2.77. The minimum absolute atomic E-state index is 0.476. The number of furan rings is 1. The van der Waals surface area contributed by atoms with Crippen LogP contribution in [0.4, 0.5) is 0 Å². The molecule has 0 aliphatic carbocycles. The maximum Gasteiger partial charge on any atom is 0.134 e. The second-order valence-corrected chi connectivity index (χ2v) is 5.79.